The van der Waals surface area contributed by atoms with Crippen LogP contribution in [0.1, 0.15) is 42.3 Å². The molecule has 1 aliphatic rings. The van der Waals surface area contributed by atoms with Crippen LogP contribution in [0.2, 0.25) is 5.02 Å². The van der Waals surface area contributed by atoms with Crippen LogP contribution in [-0.2, 0) is 0 Å². The number of halogens is 1. The molecule has 6 heteroatoms. The maximum Gasteiger partial charge on any atom is 0.283 e. The zero-order valence-corrected chi connectivity index (χ0v) is 15.1. The Balaban J connectivity index is 1.76. The Labute approximate surface area is 150 Å². The number of hydrogen-bond acceptors (Lipinski definition) is 4. The first-order valence-corrected chi connectivity index (χ1v) is 9.26. The molecule has 126 valence electrons. The molecule has 0 bridgehead atoms. The summed E-state index contributed by atoms with van der Waals surface area (Å²) in [5.74, 6) is 0.187. The minimum absolute atomic E-state index is 0.247. The lowest BCUT2D eigenvalue weighted by atomic mass is 9.89. The summed E-state index contributed by atoms with van der Waals surface area (Å²) in [7, 11) is 0. The van der Waals surface area contributed by atoms with E-state index in [1.54, 1.807) is 0 Å². The number of nitrogens with zero attached hydrogens (tertiary/aromatic N) is 1. The van der Waals surface area contributed by atoms with Gasteiger partial charge in [0.2, 0.25) is 0 Å². The molecule has 3 rings (SSSR count). The van der Waals surface area contributed by atoms with Gasteiger partial charge < -0.3 is 5.73 Å². The summed E-state index contributed by atoms with van der Waals surface area (Å²) in [4.78, 5) is 13.8. The van der Waals surface area contributed by atoms with Crippen molar-refractivity contribution in [2.75, 3.05) is 5.73 Å². The fourth-order valence-corrected chi connectivity index (χ4v) is 3.95. The number of nitrogen functional groups attached to an aromatic ring is 1. The van der Waals surface area contributed by atoms with Crippen LogP contribution >= 0.6 is 22.9 Å². The van der Waals surface area contributed by atoms with Gasteiger partial charge in [0, 0.05) is 15.6 Å². The lowest BCUT2D eigenvalue weighted by Gasteiger charge is -2.19. The van der Waals surface area contributed by atoms with Crippen molar-refractivity contribution in [2.45, 2.75) is 32.6 Å². The van der Waals surface area contributed by atoms with Gasteiger partial charge in [0.05, 0.1) is 5.69 Å². The molecule has 0 saturated heterocycles. The second-order valence-electron chi connectivity index (χ2n) is 6.09. The molecular weight excluding hydrogens is 342 g/mol. The number of benzene rings is 1. The molecule has 1 fully saturated rings. The van der Waals surface area contributed by atoms with Crippen molar-refractivity contribution in [3.63, 3.8) is 0 Å². The van der Waals surface area contributed by atoms with Crippen LogP contribution in [0.4, 0.5) is 5.69 Å². The normalized spacial score (nSPS) is 19.4. The van der Waals surface area contributed by atoms with Gasteiger partial charge in [0.25, 0.3) is 5.91 Å². The zero-order chi connectivity index (χ0) is 17.1. The topological polar surface area (TPSA) is 67.5 Å². The maximum atomic E-state index is 12.4. The largest absolute Gasteiger partial charge is 0.397 e. The SMILES string of the molecule is C[C@@H]1CCCCC1=NNC(=O)c1sc(-c2ccc(Cl)cc2)cc1N. The number of amides is 1. The van der Waals surface area contributed by atoms with E-state index in [0.717, 1.165) is 35.4 Å². The summed E-state index contributed by atoms with van der Waals surface area (Å²) in [6, 6.07) is 9.30. The Kier molecular flexibility index (Phi) is 5.21. The number of rotatable bonds is 3. The third-order valence-electron chi connectivity index (χ3n) is 4.29. The first kappa shape index (κ1) is 17.0. The van der Waals surface area contributed by atoms with Crippen molar-refractivity contribution in [2.24, 2.45) is 11.0 Å². The van der Waals surface area contributed by atoms with E-state index in [1.807, 2.05) is 30.3 Å². The van der Waals surface area contributed by atoms with Crippen molar-refractivity contribution in [3.8, 4) is 10.4 Å². The molecule has 1 heterocycles. The summed E-state index contributed by atoms with van der Waals surface area (Å²) in [6.07, 6.45) is 4.46. The van der Waals surface area contributed by atoms with Gasteiger partial charge in [0.1, 0.15) is 4.88 Å². The van der Waals surface area contributed by atoms with E-state index < -0.39 is 0 Å². The maximum absolute atomic E-state index is 12.4. The van der Waals surface area contributed by atoms with Gasteiger partial charge in [-0.25, -0.2) is 5.43 Å². The molecule has 0 aliphatic heterocycles. The minimum atomic E-state index is -0.247. The standard InChI is InChI=1S/C18H20ClN3OS/c1-11-4-2-3-5-15(11)21-22-18(23)17-14(20)10-16(24-17)12-6-8-13(19)9-7-12/h6-11H,2-5,20H2,1H3,(H,22,23)/t11-/m1/s1. The average molecular weight is 362 g/mol. The van der Waals surface area contributed by atoms with E-state index >= 15 is 0 Å². The van der Waals surface area contributed by atoms with Crippen molar-refractivity contribution >= 4 is 40.2 Å². The molecule has 1 aromatic heterocycles. The fourth-order valence-electron chi connectivity index (χ4n) is 2.85. The lowest BCUT2D eigenvalue weighted by Crippen LogP contribution is -2.24. The number of hydrazone groups is 1. The highest BCUT2D eigenvalue weighted by Gasteiger charge is 2.18. The van der Waals surface area contributed by atoms with Gasteiger partial charge in [-0.2, -0.15) is 5.10 Å². The second kappa shape index (κ2) is 7.36. The van der Waals surface area contributed by atoms with E-state index in [0.29, 0.717) is 21.5 Å². The molecule has 1 amide bonds. The van der Waals surface area contributed by atoms with Crippen molar-refractivity contribution in [3.05, 3.63) is 40.2 Å². The smallest absolute Gasteiger partial charge is 0.283 e. The first-order chi connectivity index (χ1) is 11.5. The van der Waals surface area contributed by atoms with E-state index in [-0.39, 0.29) is 5.91 Å². The summed E-state index contributed by atoms with van der Waals surface area (Å²) < 4.78 is 0. The van der Waals surface area contributed by atoms with Gasteiger partial charge in [-0.3, -0.25) is 4.79 Å². The van der Waals surface area contributed by atoms with Gasteiger partial charge >= 0.3 is 0 Å². The molecule has 1 aromatic carbocycles. The average Bonchev–Trinajstić information content (AvgIpc) is 2.96. The predicted molar refractivity (Wildman–Crippen MR) is 102 cm³/mol. The summed E-state index contributed by atoms with van der Waals surface area (Å²) in [5, 5.41) is 5.01. The Bertz CT molecular complexity index is 767. The van der Waals surface area contributed by atoms with Crippen LogP contribution in [0.5, 0.6) is 0 Å². The fraction of sp³-hybridized carbons (Fsp3) is 0.333. The third kappa shape index (κ3) is 3.79. The van der Waals surface area contributed by atoms with Crippen LogP contribution in [0.15, 0.2) is 35.4 Å². The molecule has 4 nitrogen and oxygen atoms in total. The van der Waals surface area contributed by atoms with Crippen LogP contribution in [-0.4, -0.2) is 11.6 Å². The number of nitrogens with one attached hydrogen (secondary N) is 1. The minimum Gasteiger partial charge on any atom is -0.397 e. The molecule has 2 aromatic rings. The summed E-state index contributed by atoms with van der Waals surface area (Å²) >= 11 is 7.28. The molecule has 1 saturated carbocycles. The van der Waals surface area contributed by atoms with E-state index in [1.165, 1.54) is 17.8 Å². The van der Waals surface area contributed by atoms with Gasteiger partial charge in [-0.05, 0) is 48.9 Å². The number of carbonyl (C=O) groups excluding carboxylic acids is 1. The molecule has 1 aliphatic carbocycles. The molecule has 24 heavy (non-hydrogen) atoms. The highest BCUT2D eigenvalue weighted by molar-refractivity contribution is 7.18. The molecule has 1 atom stereocenters. The number of carbonyl (C=O) groups is 1. The van der Waals surface area contributed by atoms with E-state index in [9.17, 15) is 4.79 Å². The number of nitrogens with two attached hydrogens (primary N) is 1. The van der Waals surface area contributed by atoms with Gasteiger partial charge in [0.15, 0.2) is 0 Å². The van der Waals surface area contributed by atoms with Crippen LogP contribution in [0.3, 0.4) is 0 Å². The zero-order valence-electron chi connectivity index (χ0n) is 13.5. The quantitative estimate of drug-likeness (QED) is 0.760. The lowest BCUT2D eigenvalue weighted by molar-refractivity contribution is 0.0959. The van der Waals surface area contributed by atoms with Crippen molar-refractivity contribution < 1.29 is 4.79 Å². The van der Waals surface area contributed by atoms with Gasteiger partial charge in [-0.15, -0.1) is 11.3 Å². The van der Waals surface area contributed by atoms with Crippen LogP contribution in [0.25, 0.3) is 10.4 Å². The number of anilines is 1. The third-order valence-corrected chi connectivity index (χ3v) is 5.74. The second-order valence-corrected chi connectivity index (χ2v) is 7.58. The molecule has 0 radical (unpaired) electrons. The van der Waals surface area contributed by atoms with Crippen LogP contribution < -0.4 is 11.2 Å². The Morgan fingerprint density at radius 2 is 2.08 bits per heavy atom. The molecule has 0 unspecified atom stereocenters. The van der Waals surface area contributed by atoms with Crippen LogP contribution in [0, 0.1) is 5.92 Å². The molecular formula is C18H20ClN3OS. The Morgan fingerprint density at radius 1 is 1.33 bits per heavy atom. The van der Waals surface area contributed by atoms with Crippen molar-refractivity contribution in [1.29, 1.82) is 0 Å². The highest BCUT2D eigenvalue weighted by Crippen LogP contribution is 2.33. The summed E-state index contributed by atoms with van der Waals surface area (Å²) in [6.45, 7) is 2.16. The molecule has 0 spiro atoms. The van der Waals surface area contributed by atoms with Crippen molar-refractivity contribution in [1.82, 2.24) is 5.43 Å². The van der Waals surface area contributed by atoms with Gasteiger partial charge in [-0.1, -0.05) is 37.1 Å². The van der Waals surface area contributed by atoms with E-state index in [2.05, 4.69) is 17.5 Å². The number of thiophene rings is 1. The predicted octanol–water partition coefficient (Wildman–Crippen LogP) is 4.95. The van der Waals surface area contributed by atoms with E-state index in [4.69, 9.17) is 17.3 Å². The monoisotopic (exact) mass is 361 g/mol. The first-order valence-electron chi connectivity index (χ1n) is 8.06. The number of hydrogen-bond donors (Lipinski definition) is 2. The Hall–Kier alpha value is -1.85. The highest BCUT2D eigenvalue weighted by atomic mass is 35.5. The summed E-state index contributed by atoms with van der Waals surface area (Å²) in [5.41, 5.74) is 11.2. The molecule has 3 N–H and O–H groups in total. The Morgan fingerprint density at radius 3 is 2.79 bits per heavy atom.